The van der Waals surface area contributed by atoms with Gasteiger partial charge >= 0.3 is 0 Å². The zero-order chi connectivity index (χ0) is 22.4. The summed E-state index contributed by atoms with van der Waals surface area (Å²) in [5.74, 6) is 0.748. The predicted octanol–water partition coefficient (Wildman–Crippen LogP) is 4.23. The normalized spacial score (nSPS) is 11.3. The smallest absolute Gasteiger partial charge is 0.251 e. The molecule has 31 heavy (non-hydrogen) atoms. The Labute approximate surface area is 183 Å². The van der Waals surface area contributed by atoms with Gasteiger partial charge in [-0.25, -0.2) is 8.42 Å². The van der Waals surface area contributed by atoms with E-state index >= 15 is 0 Å². The van der Waals surface area contributed by atoms with E-state index in [9.17, 15) is 13.2 Å². The summed E-state index contributed by atoms with van der Waals surface area (Å²) in [6.45, 7) is 4.70. The lowest BCUT2D eigenvalue weighted by Crippen LogP contribution is -2.29. The number of carbonyl (C=O) groups is 1. The van der Waals surface area contributed by atoms with Crippen molar-refractivity contribution in [3.8, 4) is 0 Å². The minimum Gasteiger partial charge on any atom is -0.469 e. The molecule has 6 nitrogen and oxygen atoms in total. The number of hydrogen-bond donors (Lipinski definition) is 1. The van der Waals surface area contributed by atoms with Crippen molar-refractivity contribution in [2.24, 2.45) is 0 Å². The minimum atomic E-state index is -3.46. The first-order valence-electron chi connectivity index (χ1n) is 10.2. The number of nitrogens with zero attached hydrogens (tertiary/aromatic N) is 1. The van der Waals surface area contributed by atoms with Gasteiger partial charge in [-0.2, -0.15) is 0 Å². The van der Waals surface area contributed by atoms with Crippen LogP contribution in [0.3, 0.4) is 0 Å². The fraction of sp³-hybridized carbons (Fsp3) is 0.292. The van der Waals surface area contributed by atoms with Crippen LogP contribution in [0.15, 0.2) is 65.3 Å². The van der Waals surface area contributed by atoms with Gasteiger partial charge in [-0.3, -0.25) is 9.10 Å². The molecular formula is C24H28N2O4S. The highest BCUT2D eigenvalue weighted by Crippen LogP contribution is 2.23. The SMILES string of the molecule is Cc1ccc(N(Cc2ccc(C(=O)NCCCc3ccco3)cc2)S(C)(=O)=O)cc1C. The van der Waals surface area contributed by atoms with Crippen molar-refractivity contribution in [3.05, 3.63) is 88.9 Å². The first kappa shape index (κ1) is 22.6. The van der Waals surface area contributed by atoms with E-state index in [0.717, 1.165) is 35.3 Å². The quantitative estimate of drug-likeness (QED) is 0.505. The van der Waals surface area contributed by atoms with Crippen LogP contribution in [0.5, 0.6) is 0 Å². The van der Waals surface area contributed by atoms with Crippen LogP contribution in [0.25, 0.3) is 0 Å². The molecule has 2 aromatic carbocycles. The Morgan fingerprint density at radius 2 is 1.77 bits per heavy atom. The molecule has 0 saturated heterocycles. The fourth-order valence-corrected chi connectivity index (χ4v) is 4.11. The van der Waals surface area contributed by atoms with Gasteiger partial charge in [-0.1, -0.05) is 18.2 Å². The molecule has 0 saturated carbocycles. The van der Waals surface area contributed by atoms with E-state index in [2.05, 4.69) is 5.32 Å². The van der Waals surface area contributed by atoms with Crippen LogP contribution < -0.4 is 9.62 Å². The third-order valence-corrected chi connectivity index (χ3v) is 6.33. The first-order valence-corrected chi connectivity index (χ1v) is 12.0. The van der Waals surface area contributed by atoms with Gasteiger partial charge in [-0.15, -0.1) is 0 Å². The Kier molecular flexibility index (Phi) is 7.17. The number of amides is 1. The van der Waals surface area contributed by atoms with E-state index in [1.54, 1.807) is 30.5 Å². The third kappa shape index (κ3) is 6.21. The number of furan rings is 1. The van der Waals surface area contributed by atoms with Crippen molar-refractivity contribution < 1.29 is 17.6 Å². The summed E-state index contributed by atoms with van der Waals surface area (Å²) in [6.07, 6.45) is 4.40. The van der Waals surface area contributed by atoms with Crippen LogP contribution >= 0.6 is 0 Å². The number of sulfonamides is 1. The molecule has 1 amide bonds. The molecule has 0 radical (unpaired) electrons. The lowest BCUT2D eigenvalue weighted by Gasteiger charge is -2.23. The second kappa shape index (κ2) is 9.83. The highest BCUT2D eigenvalue weighted by Gasteiger charge is 2.18. The number of anilines is 1. The molecule has 164 valence electrons. The molecule has 7 heteroatoms. The maximum Gasteiger partial charge on any atom is 0.251 e. The topological polar surface area (TPSA) is 79.6 Å². The minimum absolute atomic E-state index is 0.153. The van der Waals surface area contributed by atoms with Gasteiger partial charge in [0.05, 0.1) is 24.8 Å². The maximum absolute atomic E-state index is 12.4. The molecule has 0 unspecified atom stereocenters. The summed E-state index contributed by atoms with van der Waals surface area (Å²) < 4.78 is 31.4. The fourth-order valence-electron chi connectivity index (χ4n) is 3.23. The van der Waals surface area contributed by atoms with Gasteiger partial charge in [-0.05, 0) is 73.4 Å². The lowest BCUT2D eigenvalue weighted by molar-refractivity contribution is 0.0953. The number of rotatable bonds is 9. The zero-order valence-corrected chi connectivity index (χ0v) is 18.9. The van der Waals surface area contributed by atoms with Crippen molar-refractivity contribution in [2.45, 2.75) is 33.2 Å². The van der Waals surface area contributed by atoms with E-state index < -0.39 is 10.0 Å². The first-order chi connectivity index (χ1) is 14.7. The number of aryl methyl sites for hydroxylation is 3. The number of benzene rings is 2. The lowest BCUT2D eigenvalue weighted by atomic mass is 10.1. The molecule has 1 N–H and O–H groups in total. The Morgan fingerprint density at radius 1 is 1.03 bits per heavy atom. The van der Waals surface area contributed by atoms with Gasteiger partial charge in [0.2, 0.25) is 10.0 Å². The average Bonchev–Trinajstić information content (AvgIpc) is 3.24. The predicted molar refractivity (Wildman–Crippen MR) is 123 cm³/mol. The van der Waals surface area contributed by atoms with E-state index in [4.69, 9.17) is 4.42 Å². The van der Waals surface area contributed by atoms with Crippen molar-refractivity contribution >= 4 is 21.6 Å². The van der Waals surface area contributed by atoms with Gasteiger partial charge in [0.25, 0.3) is 5.91 Å². The second-order valence-corrected chi connectivity index (χ2v) is 9.58. The van der Waals surface area contributed by atoms with Crippen LogP contribution in [0, 0.1) is 13.8 Å². The van der Waals surface area contributed by atoms with Gasteiger partial charge in [0.15, 0.2) is 0 Å². The molecule has 0 aliphatic rings. The molecule has 0 atom stereocenters. The van der Waals surface area contributed by atoms with Crippen LogP contribution in [0.1, 0.15) is 39.2 Å². The van der Waals surface area contributed by atoms with Gasteiger partial charge in [0, 0.05) is 18.5 Å². The van der Waals surface area contributed by atoms with Gasteiger partial charge < -0.3 is 9.73 Å². The molecule has 0 aliphatic carbocycles. The average molecular weight is 441 g/mol. The summed E-state index contributed by atoms with van der Waals surface area (Å²) in [5, 5.41) is 2.90. The second-order valence-electron chi connectivity index (χ2n) is 7.67. The van der Waals surface area contributed by atoms with Crippen molar-refractivity contribution in [1.29, 1.82) is 0 Å². The van der Waals surface area contributed by atoms with E-state index in [1.165, 1.54) is 10.6 Å². The highest BCUT2D eigenvalue weighted by atomic mass is 32.2. The Bertz CT molecular complexity index is 1120. The van der Waals surface area contributed by atoms with Gasteiger partial charge in [0.1, 0.15) is 5.76 Å². The summed E-state index contributed by atoms with van der Waals surface area (Å²) in [4.78, 5) is 12.3. The van der Waals surface area contributed by atoms with Crippen molar-refractivity contribution in [2.75, 3.05) is 17.1 Å². The zero-order valence-electron chi connectivity index (χ0n) is 18.1. The molecule has 1 heterocycles. The third-order valence-electron chi connectivity index (χ3n) is 5.19. The Hall–Kier alpha value is -3.06. The van der Waals surface area contributed by atoms with Crippen LogP contribution in [0.2, 0.25) is 0 Å². The molecule has 0 fully saturated rings. The van der Waals surface area contributed by atoms with E-state index in [0.29, 0.717) is 17.8 Å². The Balaban J connectivity index is 1.62. The number of carbonyl (C=O) groups excluding carboxylic acids is 1. The molecule has 3 rings (SSSR count). The molecule has 3 aromatic rings. The largest absolute Gasteiger partial charge is 0.469 e. The molecule has 1 aromatic heterocycles. The molecule has 0 spiro atoms. The van der Waals surface area contributed by atoms with E-state index in [-0.39, 0.29) is 12.5 Å². The standard InChI is InChI=1S/C24H28N2O4S/c1-18-8-13-22(16-19(18)2)26(31(3,28)29)17-20-9-11-21(12-10-20)24(27)25-14-4-6-23-7-5-15-30-23/h5,7-13,15-16H,4,6,14,17H2,1-3H3,(H,25,27). The van der Waals surface area contributed by atoms with Crippen LogP contribution in [-0.4, -0.2) is 27.1 Å². The van der Waals surface area contributed by atoms with E-state index in [1.807, 2.05) is 44.2 Å². The molecule has 0 aliphatic heterocycles. The highest BCUT2D eigenvalue weighted by molar-refractivity contribution is 7.92. The van der Waals surface area contributed by atoms with Crippen LogP contribution in [-0.2, 0) is 23.0 Å². The molecular weight excluding hydrogens is 412 g/mol. The number of hydrogen-bond acceptors (Lipinski definition) is 4. The maximum atomic E-state index is 12.4. The van der Waals surface area contributed by atoms with Crippen molar-refractivity contribution in [1.82, 2.24) is 5.32 Å². The summed E-state index contributed by atoms with van der Waals surface area (Å²) in [7, 11) is -3.46. The monoisotopic (exact) mass is 440 g/mol. The summed E-state index contributed by atoms with van der Waals surface area (Å²) in [6, 6.07) is 16.4. The van der Waals surface area contributed by atoms with Crippen LogP contribution in [0.4, 0.5) is 5.69 Å². The summed E-state index contributed by atoms with van der Waals surface area (Å²) >= 11 is 0. The number of nitrogens with one attached hydrogen (secondary N) is 1. The Morgan fingerprint density at radius 3 is 2.39 bits per heavy atom. The molecule has 0 bridgehead atoms. The summed E-state index contributed by atoms with van der Waals surface area (Å²) in [5.41, 5.74) is 4.11. The van der Waals surface area contributed by atoms with Crippen molar-refractivity contribution in [3.63, 3.8) is 0 Å².